The molecule has 3 N–H and O–H groups in total. The van der Waals surface area contributed by atoms with Crippen molar-refractivity contribution < 1.29 is 4.79 Å². The molecule has 7 heteroatoms. The average molecular weight is 408 g/mol. The first-order valence-corrected chi connectivity index (χ1v) is 9.96. The van der Waals surface area contributed by atoms with Crippen molar-refractivity contribution in [2.75, 3.05) is 6.54 Å². The molecule has 0 fully saturated rings. The molecule has 1 amide bonds. The summed E-state index contributed by atoms with van der Waals surface area (Å²) in [6, 6.07) is 12.3. The van der Waals surface area contributed by atoms with E-state index >= 15 is 0 Å². The Bertz CT molecular complexity index is 832. The Hall–Kier alpha value is -1.73. The highest BCUT2D eigenvalue weighted by molar-refractivity contribution is 7.10. The molecule has 0 aliphatic heterocycles. The number of rotatable bonds is 7. The number of aromatic nitrogens is 1. The lowest BCUT2D eigenvalue weighted by molar-refractivity contribution is 0.0932. The zero-order valence-electron chi connectivity index (χ0n) is 14.5. The molecule has 1 unspecified atom stereocenters. The van der Waals surface area contributed by atoms with Crippen molar-refractivity contribution in [3.05, 3.63) is 73.9 Å². The smallest absolute Gasteiger partial charge is 0.271 e. The predicted molar refractivity (Wildman–Crippen MR) is 112 cm³/mol. The van der Waals surface area contributed by atoms with E-state index in [4.69, 9.17) is 5.73 Å². The number of carbonyl (C=O) groups excluding carboxylic acids is 1. The Balaban J connectivity index is 0.00000243. The summed E-state index contributed by atoms with van der Waals surface area (Å²) < 4.78 is 0. The molecular weight excluding hydrogens is 386 g/mol. The molecular formula is C19H22ClN3OS2. The highest BCUT2D eigenvalue weighted by atomic mass is 35.5. The van der Waals surface area contributed by atoms with E-state index in [9.17, 15) is 4.79 Å². The van der Waals surface area contributed by atoms with Gasteiger partial charge in [-0.15, -0.1) is 35.1 Å². The third-order valence-electron chi connectivity index (χ3n) is 3.95. The number of nitrogens with one attached hydrogen (secondary N) is 1. The number of thiazole rings is 1. The van der Waals surface area contributed by atoms with Crippen molar-refractivity contribution in [3.8, 4) is 0 Å². The Kier molecular flexibility index (Phi) is 7.78. The van der Waals surface area contributed by atoms with Gasteiger partial charge in [0.15, 0.2) is 0 Å². The lowest BCUT2D eigenvalue weighted by Crippen LogP contribution is -2.30. The van der Waals surface area contributed by atoms with Crippen LogP contribution in [-0.2, 0) is 12.8 Å². The maximum Gasteiger partial charge on any atom is 0.271 e. The van der Waals surface area contributed by atoms with E-state index in [0.717, 1.165) is 11.4 Å². The van der Waals surface area contributed by atoms with Crippen molar-refractivity contribution in [1.29, 1.82) is 0 Å². The van der Waals surface area contributed by atoms with Crippen molar-refractivity contribution >= 4 is 41.0 Å². The first-order valence-electron chi connectivity index (χ1n) is 8.20. The largest absolute Gasteiger partial charge is 0.343 e. The van der Waals surface area contributed by atoms with E-state index in [1.54, 1.807) is 16.7 Å². The van der Waals surface area contributed by atoms with Crippen molar-refractivity contribution in [3.63, 3.8) is 0 Å². The van der Waals surface area contributed by atoms with Crippen LogP contribution >= 0.6 is 35.1 Å². The summed E-state index contributed by atoms with van der Waals surface area (Å²) in [5, 5.41) is 7.94. The number of carbonyl (C=O) groups is 1. The molecule has 26 heavy (non-hydrogen) atoms. The number of amides is 1. The molecule has 1 aromatic carbocycles. The standard InChI is InChI=1S/C19H21N3OS2.ClH/c1-13-8-10-24-18(13)15(11-14-5-3-2-4-6-14)22-19(23)16-12-25-17(21-16)7-9-20;/h2-6,8,10,12,15H,7,9,11,20H2,1H3,(H,22,23);1H. The summed E-state index contributed by atoms with van der Waals surface area (Å²) in [7, 11) is 0. The molecule has 0 saturated heterocycles. The van der Waals surface area contributed by atoms with E-state index in [2.05, 4.69) is 40.8 Å². The zero-order chi connectivity index (χ0) is 17.6. The quantitative estimate of drug-likeness (QED) is 0.618. The topological polar surface area (TPSA) is 68.0 Å². The minimum absolute atomic E-state index is 0. The molecule has 0 saturated carbocycles. The fourth-order valence-electron chi connectivity index (χ4n) is 2.69. The van der Waals surface area contributed by atoms with Crippen LogP contribution in [0.1, 0.15) is 37.5 Å². The summed E-state index contributed by atoms with van der Waals surface area (Å²) in [6.45, 7) is 2.62. The number of benzene rings is 1. The summed E-state index contributed by atoms with van der Waals surface area (Å²) in [4.78, 5) is 18.3. The van der Waals surface area contributed by atoms with E-state index < -0.39 is 0 Å². The van der Waals surface area contributed by atoms with Gasteiger partial charge in [-0.05, 0) is 42.5 Å². The molecule has 0 spiro atoms. The van der Waals surface area contributed by atoms with E-state index in [0.29, 0.717) is 18.7 Å². The first kappa shape index (κ1) is 20.6. The number of aryl methyl sites for hydroxylation is 1. The van der Waals surface area contributed by atoms with Gasteiger partial charge in [-0.2, -0.15) is 0 Å². The third kappa shape index (κ3) is 5.14. The minimum atomic E-state index is -0.131. The second kappa shape index (κ2) is 9.83. The lowest BCUT2D eigenvalue weighted by atomic mass is 10.0. The number of nitrogens with two attached hydrogens (primary N) is 1. The molecule has 4 nitrogen and oxygen atoms in total. The number of hydrogen-bond donors (Lipinski definition) is 2. The van der Waals surface area contributed by atoms with Crippen LogP contribution in [-0.4, -0.2) is 17.4 Å². The Morgan fingerprint density at radius 3 is 2.65 bits per heavy atom. The van der Waals surface area contributed by atoms with E-state index in [1.165, 1.54) is 27.3 Å². The third-order valence-corrected chi connectivity index (χ3v) is 5.99. The maximum absolute atomic E-state index is 12.7. The Labute approximate surface area is 167 Å². The molecule has 0 aliphatic rings. The zero-order valence-corrected chi connectivity index (χ0v) is 16.9. The fraction of sp³-hybridized carbons (Fsp3) is 0.263. The number of hydrogen-bond acceptors (Lipinski definition) is 5. The fourth-order valence-corrected chi connectivity index (χ4v) is 4.46. The average Bonchev–Trinajstić information content (AvgIpc) is 3.25. The summed E-state index contributed by atoms with van der Waals surface area (Å²) >= 11 is 3.16. The second-order valence-electron chi connectivity index (χ2n) is 5.85. The molecule has 3 aromatic rings. The normalized spacial score (nSPS) is 11.6. The van der Waals surface area contributed by atoms with Crippen LogP contribution < -0.4 is 11.1 Å². The monoisotopic (exact) mass is 407 g/mol. The maximum atomic E-state index is 12.7. The van der Waals surface area contributed by atoms with Crippen molar-refractivity contribution in [2.45, 2.75) is 25.8 Å². The van der Waals surface area contributed by atoms with Gasteiger partial charge in [-0.1, -0.05) is 30.3 Å². The second-order valence-corrected chi connectivity index (χ2v) is 7.74. The van der Waals surface area contributed by atoms with Gasteiger partial charge in [0.25, 0.3) is 5.91 Å². The van der Waals surface area contributed by atoms with Crippen LogP contribution in [0.4, 0.5) is 0 Å². The molecule has 3 rings (SSSR count). The number of thiophene rings is 1. The lowest BCUT2D eigenvalue weighted by Gasteiger charge is -2.18. The Morgan fingerprint density at radius 2 is 2.00 bits per heavy atom. The van der Waals surface area contributed by atoms with Crippen LogP contribution in [0.15, 0.2) is 47.2 Å². The van der Waals surface area contributed by atoms with Crippen LogP contribution in [0, 0.1) is 6.92 Å². The van der Waals surface area contributed by atoms with E-state index in [1.807, 2.05) is 18.2 Å². The van der Waals surface area contributed by atoms with Gasteiger partial charge < -0.3 is 11.1 Å². The van der Waals surface area contributed by atoms with Gasteiger partial charge >= 0.3 is 0 Å². The Morgan fingerprint density at radius 1 is 1.23 bits per heavy atom. The SMILES string of the molecule is Cc1ccsc1C(Cc1ccccc1)NC(=O)c1csc(CCN)n1.Cl. The summed E-state index contributed by atoms with van der Waals surface area (Å²) in [6.07, 6.45) is 1.46. The van der Waals surface area contributed by atoms with Gasteiger partial charge in [0.1, 0.15) is 5.69 Å². The molecule has 2 aromatic heterocycles. The van der Waals surface area contributed by atoms with Crippen LogP contribution in [0.25, 0.3) is 0 Å². The van der Waals surface area contributed by atoms with Gasteiger partial charge in [0, 0.05) is 16.7 Å². The number of nitrogens with zero attached hydrogens (tertiary/aromatic N) is 1. The summed E-state index contributed by atoms with van der Waals surface area (Å²) in [5.41, 5.74) is 8.43. The number of halogens is 1. The molecule has 0 aliphatic carbocycles. The predicted octanol–water partition coefficient (Wildman–Crippen LogP) is 4.15. The van der Waals surface area contributed by atoms with Crippen LogP contribution in [0.3, 0.4) is 0 Å². The minimum Gasteiger partial charge on any atom is -0.343 e. The van der Waals surface area contributed by atoms with Gasteiger partial charge in [0.05, 0.1) is 11.0 Å². The molecule has 0 radical (unpaired) electrons. The van der Waals surface area contributed by atoms with Gasteiger partial charge in [-0.3, -0.25) is 4.79 Å². The summed E-state index contributed by atoms with van der Waals surface area (Å²) in [5.74, 6) is -0.131. The first-order chi connectivity index (χ1) is 12.2. The van der Waals surface area contributed by atoms with Crippen LogP contribution in [0.5, 0.6) is 0 Å². The van der Waals surface area contributed by atoms with Crippen LogP contribution in [0.2, 0.25) is 0 Å². The highest BCUT2D eigenvalue weighted by Crippen LogP contribution is 2.27. The molecule has 2 heterocycles. The van der Waals surface area contributed by atoms with Gasteiger partial charge in [-0.25, -0.2) is 4.98 Å². The van der Waals surface area contributed by atoms with Crippen molar-refractivity contribution in [1.82, 2.24) is 10.3 Å². The van der Waals surface area contributed by atoms with E-state index in [-0.39, 0.29) is 24.4 Å². The molecule has 0 bridgehead atoms. The molecule has 138 valence electrons. The van der Waals surface area contributed by atoms with Crippen molar-refractivity contribution in [2.24, 2.45) is 5.73 Å². The van der Waals surface area contributed by atoms with Gasteiger partial charge in [0.2, 0.25) is 0 Å². The highest BCUT2D eigenvalue weighted by Gasteiger charge is 2.20. The molecule has 1 atom stereocenters.